The van der Waals surface area contributed by atoms with Crippen LogP contribution in [-0.4, -0.2) is 30.6 Å². The van der Waals surface area contributed by atoms with E-state index in [9.17, 15) is 4.79 Å². The number of carbonyl (C=O) groups excluding carboxylic acids is 1. The molecule has 5 heteroatoms. The molecule has 94 valence electrons. The topological polar surface area (TPSA) is 55.6 Å². The van der Waals surface area contributed by atoms with E-state index in [0.717, 1.165) is 31.8 Å². The van der Waals surface area contributed by atoms with Gasteiger partial charge in [-0.3, -0.25) is 0 Å². The highest BCUT2D eigenvalue weighted by atomic mass is 16.5. The van der Waals surface area contributed by atoms with E-state index in [2.05, 4.69) is 16.8 Å². The van der Waals surface area contributed by atoms with Gasteiger partial charge in [0.2, 0.25) is 5.76 Å². The lowest BCUT2D eigenvalue weighted by molar-refractivity contribution is 0.0490. The summed E-state index contributed by atoms with van der Waals surface area (Å²) in [5, 5.41) is 0. The van der Waals surface area contributed by atoms with Crippen LogP contribution in [0.1, 0.15) is 37.2 Å². The summed E-state index contributed by atoms with van der Waals surface area (Å²) in [6.07, 6.45) is 3.71. The zero-order valence-electron chi connectivity index (χ0n) is 10.3. The van der Waals surface area contributed by atoms with Gasteiger partial charge in [0.1, 0.15) is 0 Å². The molecule has 1 aromatic heterocycles. The smallest absolute Gasteiger partial charge is 0.376 e. The molecule has 1 fully saturated rings. The van der Waals surface area contributed by atoms with Crippen LogP contribution in [0.15, 0.2) is 10.6 Å². The highest BCUT2D eigenvalue weighted by Crippen LogP contribution is 2.22. The molecule has 1 aromatic rings. The van der Waals surface area contributed by atoms with E-state index in [1.165, 1.54) is 6.20 Å². The summed E-state index contributed by atoms with van der Waals surface area (Å²) in [6, 6.07) is 0.528. The molecular weight excluding hydrogens is 220 g/mol. The number of nitrogens with zero attached hydrogens (tertiary/aromatic N) is 2. The maximum atomic E-state index is 11.4. The number of ether oxygens (including phenoxy) is 1. The Balaban J connectivity index is 2.00. The van der Waals surface area contributed by atoms with Crippen LogP contribution in [0.3, 0.4) is 0 Å². The maximum absolute atomic E-state index is 11.4. The van der Waals surface area contributed by atoms with Crippen LogP contribution in [0.25, 0.3) is 0 Å². The molecule has 17 heavy (non-hydrogen) atoms. The Bertz CT molecular complexity index is 381. The Kier molecular flexibility index (Phi) is 3.66. The lowest BCUT2D eigenvalue weighted by Crippen LogP contribution is -2.32. The predicted molar refractivity (Wildman–Crippen MR) is 63.1 cm³/mol. The average Bonchev–Trinajstić information content (AvgIpc) is 2.80. The van der Waals surface area contributed by atoms with Crippen molar-refractivity contribution in [1.29, 1.82) is 0 Å². The fourth-order valence-corrected chi connectivity index (χ4v) is 1.91. The summed E-state index contributed by atoms with van der Waals surface area (Å²) < 4.78 is 10.3. The highest BCUT2D eigenvalue weighted by Gasteiger charge is 2.21. The van der Waals surface area contributed by atoms with Gasteiger partial charge in [0.25, 0.3) is 6.01 Å². The first-order valence-corrected chi connectivity index (χ1v) is 6.08. The van der Waals surface area contributed by atoms with Crippen molar-refractivity contribution >= 4 is 12.0 Å². The Hall–Kier alpha value is -1.52. The molecule has 0 aromatic carbocycles. The third-order valence-corrected chi connectivity index (χ3v) is 3.02. The van der Waals surface area contributed by atoms with Crippen molar-refractivity contribution in [1.82, 2.24) is 4.98 Å². The zero-order valence-corrected chi connectivity index (χ0v) is 10.3. The molecular formula is C12H18N2O3. The number of oxazole rings is 1. The van der Waals surface area contributed by atoms with Gasteiger partial charge in [0.05, 0.1) is 12.8 Å². The van der Waals surface area contributed by atoms with Gasteiger partial charge in [0.15, 0.2) is 0 Å². The second-order valence-electron chi connectivity index (χ2n) is 4.40. The summed E-state index contributed by atoms with van der Waals surface area (Å²) in [5.74, 6) is 0.489. The molecule has 0 aliphatic carbocycles. The number of carbonyl (C=O) groups is 1. The normalized spacial score (nSPS) is 17.2. The molecule has 2 rings (SSSR count). The van der Waals surface area contributed by atoms with Crippen LogP contribution < -0.4 is 4.90 Å². The molecule has 1 saturated heterocycles. The van der Waals surface area contributed by atoms with Gasteiger partial charge in [-0.25, -0.2) is 9.78 Å². The Morgan fingerprint density at radius 2 is 2.29 bits per heavy atom. The van der Waals surface area contributed by atoms with E-state index < -0.39 is 5.97 Å². The maximum Gasteiger partial charge on any atom is 0.376 e. The van der Waals surface area contributed by atoms with Gasteiger partial charge in [-0.05, 0) is 25.7 Å². The lowest BCUT2D eigenvalue weighted by atomic mass is 10.00. The van der Waals surface area contributed by atoms with Gasteiger partial charge < -0.3 is 14.1 Å². The number of rotatable bonds is 3. The lowest BCUT2D eigenvalue weighted by Gasteiger charge is -2.28. The second kappa shape index (κ2) is 5.21. The molecule has 0 spiro atoms. The fraction of sp³-hybridized carbons (Fsp3) is 0.667. The molecule has 0 amide bonds. The van der Waals surface area contributed by atoms with E-state index in [1.807, 2.05) is 0 Å². The molecule has 0 radical (unpaired) electrons. The number of hydrogen-bond acceptors (Lipinski definition) is 5. The van der Waals surface area contributed by atoms with Crippen molar-refractivity contribution in [2.75, 3.05) is 24.6 Å². The largest absolute Gasteiger partial charge is 0.460 e. The molecule has 0 atom stereocenters. The molecule has 0 saturated carbocycles. The summed E-state index contributed by atoms with van der Waals surface area (Å²) >= 11 is 0. The minimum atomic E-state index is -0.448. The summed E-state index contributed by atoms with van der Waals surface area (Å²) in [4.78, 5) is 17.6. The number of aromatic nitrogens is 1. The van der Waals surface area contributed by atoms with E-state index >= 15 is 0 Å². The first-order chi connectivity index (χ1) is 8.20. The SMILES string of the molecule is CCOC(=O)c1cnc(N2CCC(C)CC2)o1. The van der Waals surface area contributed by atoms with Gasteiger partial charge >= 0.3 is 5.97 Å². The molecule has 0 unspecified atom stereocenters. The minimum Gasteiger partial charge on any atom is -0.460 e. The molecule has 5 nitrogen and oxygen atoms in total. The molecule has 2 heterocycles. The summed E-state index contributed by atoms with van der Waals surface area (Å²) in [5.41, 5.74) is 0. The quantitative estimate of drug-likeness (QED) is 0.755. The predicted octanol–water partition coefficient (Wildman–Crippen LogP) is 2.09. The van der Waals surface area contributed by atoms with Crippen molar-refractivity contribution in [3.63, 3.8) is 0 Å². The van der Waals surface area contributed by atoms with Gasteiger partial charge in [-0.2, -0.15) is 0 Å². The van der Waals surface area contributed by atoms with Crippen molar-refractivity contribution < 1.29 is 13.9 Å². The summed E-state index contributed by atoms with van der Waals surface area (Å²) in [6.45, 7) is 6.22. The first kappa shape index (κ1) is 12.0. The van der Waals surface area contributed by atoms with Crippen LogP contribution in [0.2, 0.25) is 0 Å². The number of piperidine rings is 1. The monoisotopic (exact) mass is 238 g/mol. The first-order valence-electron chi connectivity index (χ1n) is 6.08. The standard InChI is InChI=1S/C12H18N2O3/c1-3-16-11(15)10-8-13-12(17-10)14-6-4-9(2)5-7-14/h8-9H,3-7H2,1-2H3. The van der Waals surface area contributed by atoms with Crippen LogP contribution in [0.4, 0.5) is 6.01 Å². The van der Waals surface area contributed by atoms with Gasteiger partial charge in [-0.15, -0.1) is 0 Å². The molecule has 0 N–H and O–H groups in total. The fourth-order valence-electron chi connectivity index (χ4n) is 1.91. The number of esters is 1. The highest BCUT2D eigenvalue weighted by molar-refractivity contribution is 5.86. The van der Waals surface area contributed by atoms with Crippen LogP contribution >= 0.6 is 0 Å². The van der Waals surface area contributed by atoms with E-state index in [1.54, 1.807) is 6.92 Å². The van der Waals surface area contributed by atoms with Crippen molar-refractivity contribution in [3.8, 4) is 0 Å². The third-order valence-electron chi connectivity index (χ3n) is 3.02. The second-order valence-corrected chi connectivity index (χ2v) is 4.40. The Labute approximate surface area is 101 Å². The zero-order chi connectivity index (χ0) is 12.3. The van der Waals surface area contributed by atoms with Crippen molar-refractivity contribution in [3.05, 3.63) is 12.0 Å². The van der Waals surface area contributed by atoms with Crippen LogP contribution in [0, 0.1) is 5.92 Å². The van der Waals surface area contributed by atoms with Crippen molar-refractivity contribution in [2.45, 2.75) is 26.7 Å². The molecule has 0 bridgehead atoms. The Morgan fingerprint density at radius 3 is 2.94 bits per heavy atom. The average molecular weight is 238 g/mol. The van der Waals surface area contributed by atoms with Crippen LogP contribution in [0.5, 0.6) is 0 Å². The number of anilines is 1. The summed E-state index contributed by atoms with van der Waals surface area (Å²) in [7, 11) is 0. The van der Waals surface area contributed by atoms with E-state index in [-0.39, 0.29) is 5.76 Å². The third kappa shape index (κ3) is 2.78. The number of hydrogen-bond donors (Lipinski definition) is 0. The Morgan fingerprint density at radius 1 is 1.59 bits per heavy atom. The van der Waals surface area contributed by atoms with E-state index in [4.69, 9.17) is 9.15 Å². The van der Waals surface area contributed by atoms with Gasteiger partial charge in [0, 0.05) is 13.1 Å². The van der Waals surface area contributed by atoms with Gasteiger partial charge in [-0.1, -0.05) is 6.92 Å². The van der Waals surface area contributed by atoms with Crippen molar-refractivity contribution in [2.24, 2.45) is 5.92 Å². The molecule has 1 aliphatic rings. The van der Waals surface area contributed by atoms with E-state index in [0.29, 0.717) is 12.6 Å². The molecule has 1 aliphatic heterocycles. The minimum absolute atomic E-state index is 0.181. The van der Waals surface area contributed by atoms with Crippen LogP contribution in [-0.2, 0) is 4.74 Å².